The lowest BCUT2D eigenvalue weighted by molar-refractivity contribution is -0.138. The zero-order chi connectivity index (χ0) is 23.9. The van der Waals surface area contributed by atoms with Crippen LogP contribution in [0.25, 0.3) is 0 Å². The van der Waals surface area contributed by atoms with Gasteiger partial charge in [0.1, 0.15) is 12.5 Å². The van der Waals surface area contributed by atoms with Crippen LogP contribution in [0.15, 0.2) is 47.7 Å². The molecule has 2 saturated heterocycles. The summed E-state index contributed by atoms with van der Waals surface area (Å²) in [6.07, 6.45) is 7.18. The summed E-state index contributed by atoms with van der Waals surface area (Å²) in [6, 6.07) is 10.1. The normalized spacial score (nSPS) is 19.8. The van der Waals surface area contributed by atoms with Gasteiger partial charge in [0, 0.05) is 50.5 Å². The summed E-state index contributed by atoms with van der Waals surface area (Å²) >= 11 is 0. The van der Waals surface area contributed by atoms with Crippen LogP contribution >= 0.6 is 0 Å². The molecule has 2 aliphatic heterocycles. The number of pyridine rings is 2. The van der Waals surface area contributed by atoms with Crippen LogP contribution in [-0.2, 0) is 9.53 Å². The number of ether oxygens (including phenoxy) is 1. The molecule has 2 aromatic rings. The molecule has 182 valence electrons. The van der Waals surface area contributed by atoms with Crippen molar-refractivity contribution in [3.05, 3.63) is 54.0 Å². The van der Waals surface area contributed by atoms with Crippen LogP contribution in [0, 0.1) is 11.8 Å². The van der Waals surface area contributed by atoms with Crippen molar-refractivity contribution in [2.45, 2.75) is 38.6 Å². The Kier molecular flexibility index (Phi) is 8.24. The number of hydrogen-bond donors (Lipinski definition) is 1. The van der Waals surface area contributed by atoms with Gasteiger partial charge in [-0.3, -0.25) is 19.7 Å². The maximum Gasteiger partial charge on any atom is 0.225 e. The molecule has 1 unspecified atom stereocenters. The van der Waals surface area contributed by atoms with E-state index in [4.69, 9.17) is 10.5 Å². The molecule has 4 rings (SSSR count). The Labute approximate surface area is 202 Å². The average molecular weight is 465 g/mol. The zero-order valence-electron chi connectivity index (χ0n) is 20.3. The summed E-state index contributed by atoms with van der Waals surface area (Å²) in [6.45, 7) is 5.91. The number of methoxy groups -OCH3 is 1. The molecule has 0 spiro atoms. The number of likely N-dealkylation sites (tertiary alicyclic amines) is 2. The molecular formula is C26H36N6O2. The fourth-order valence-electron chi connectivity index (χ4n) is 5.17. The van der Waals surface area contributed by atoms with Crippen LogP contribution in [0.4, 0.5) is 5.82 Å². The van der Waals surface area contributed by atoms with Gasteiger partial charge in [0.05, 0.1) is 11.4 Å². The molecule has 2 fully saturated rings. The van der Waals surface area contributed by atoms with Gasteiger partial charge < -0.3 is 15.4 Å². The standard InChI is InChI=1S/C26H36N6O2/c1-19(22-6-12-29-24(27)17-22)31-13-9-21(10-14-31)26(33)32-15-7-20(8-16-32)25(30-18-34-2)23-5-3-4-11-28-23/h3-6,11-12,17,19-21H,7-10,13-16,18H2,1-2H3,(H2,27,29)/b30-25+. The maximum absolute atomic E-state index is 13.3. The van der Waals surface area contributed by atoms with E-state index in [1.165, 1.54) is 5.56 Å². The molecule has 4 heterocycles. The zero-order valence-corrected chi connectivity index (χ0v) is 20.3. The lowest BCUT2D eigenvalue weighted by Crippen LogP contribution is -2.46. The number of amides is 1. The first-order valence-electron chi connectivity index (χ1n) is 12.3. The SMILES string of the molecule is COC/N=C(/c1ccccn1)C1CCN(C(=O)C2CCN(C(C)c3ccnc(N)c3)CC2)CC1. The number of hydrogen-bond acceptors (Lipinski definition) is 7. The summed E-state index contributed by atoms with van der Waals surface area (Å²) in [4.78, 5) is 31.0. The van der Waals surface area contributed by atoms with E-state index < -0.39 is 0 Å². The lowest BCUT2D eigenvalue weighted by atomic mass is 9.88. The van der Waals surface area contributed by atoms with Crippen molar-refractivity contribution in [1.82, 2.24) is 19.8 Å². The Morgan fingerprint density at radius 1 is 1.09 bits per heavy atom. The third-order valence-corrected chi connectivity index (χ3v) is 7.20. The third kappa shape index (κ3) is 5.80. The largest absolute Gasteiger partial charge is 0.384 e. The van der Waals surface area contributed by atoms with Gasteiger partial charge in [0.2, 0.25) is 5.91 Å². The predicted octanol–water partition coefficient (Wildman–Crippen LogP) is 3.16. The minimum Gasteiger partial charge on any atom is -0.384 e. The lowest BCUT2D eigenvalue weighted by Gasteiger charge is -2.39. The van der Waals surface area contributed by atoms with Gasteiger partial charge in [0.15, 0.2) is 0 Å². The monoisotopic (exact) mass is 464 g/mol. The molecule has 2 N–H and O–H groups in total. The fourth-order valence-corrected chi connectivity index (χ4v) is 5.17. The van der Waals surface area contributed by atoms with E-state index in [1.807, 2.05) is 30.3 Å². The van der Waals surface area contributed by atoms with E-state index in [2.05, 4.69) is 31.7 Å². The van der Waals surface area contributed by atoms with E-state index in [-0.39, 0.29) is 12.0 Å². The van der Waals surface area contributed by atoms with E-state index in [9.17, 15) is 4.79 Å². The summed E-state index contributed by atoms with van der Waals surface area (Å²) in [5.41, 5.74) is 8.94. The fraction of sp³-hybridized carbons (Fsp3) is 0.538. The molecule has 0 saturated carbocycles. The molecule has 0 aromatic carbocycles. The number of aliphatic imine (C=N–C) groups is 1. The molecule has 8 heteroatoms. The first-order chi connectivity index (χ1) is 16.6. The van der Waals surface area contributed by atoms with E-state index in [0.717, 1.165) is 63.3 Å². The quantitative estimate of drug-likeness (QED) is 0.632. The van der Waals surface area contributed by atoms with Gasteiger partial charge in [-0.25, -0.2) is 4.98 Å². The topological polar surface area (TPSA) is 96.9 Å². The summed E-state index contributed by atoms with van der Waals surface area (Å²) in [5, 5.41) is 0. The Morgan fingerprint density at radius 2 is 1.82 bits per heavy atom. The third-order valence-electron chi connectivity index (χ3n) is 7.20. The minimum atomic E-state index is 0.111. The Morgan fingerprint density at radius 3 is 2.47 bits per heavy atom. The molecule has 0 bridgehead atoms. The molecule has 0 radical (unpaired) electrons. The van der Waals surface area contributed by atoms with Crippen molar-refractivity contribution in [3.63, 3.8) is 0 Å². The number of aromatic nitrogens is 2. The van der Waals surface area contributed by atoms with Crippen molar-refractivity contribution in [3.8, 4) is 0 Å². The minimum absolute atomic E-state index is 0.111. The van der Waals surface area contributed by atoms with Crippen molar-refractivity contribution < 1.29 is 9.53 Å². The number of piperidine rings is 2. The Balaban J connectivity index is 1.30. The van der Waals surface area contributed by atoms with Crippen LogP contribution in [0.5, 0.6) is 0 Å². The maximum atomic E-state index is 13.3. The number of nitrogens with zero attached hydrogens (tertiary/aromatic N) is 5. The van der Waals surface area contributed by atoms with Gasteiger partial charge in [-0.1, -0.05) is 6.07 Å². The van der Waals surface area contributed by atoms with Gasteiger partial charge in [-0.2, -0.15) is 0 Å². The Hall–Kier alpha value is -2.84. The number of carbonyl (C=O) groups excluding carboxylic acids is 1. The highest BCUT2D eigenvalue weighted by Crippen LogP contribution is 2.29. The second-order valence-electron chi connectivity index (χ2n) is 9.28. The predicted molar refractivity (Wildman–Crippen MR) is 133 cm³/mol. The van der Waals surface area contributed by atoms with Crippen LogP contribution in [0.2, 0.25) is 0 Å². The second-order valence-corrected chi connectivity index (χ2v) is 9.28. The average Bonchev–Trinajstić information content (AvgIpc) is 2.89. The highest BCUT2D eigenvalue weighted by atomic mass is 16.5. The molecule has 2 aromatic heterocycles. The summed E-state index contributed by atoms with van der Waals surface area (Å²) < 4.78 is 5.19. The molecule has 1 amide bonds. The van der Waals surface area contributed by atoms with Gasteiger partial charge >= 0.3 is 0 Å². The first kappa shape index (κ1) is 24.3. The highest BCUT2D eigenvalue weighted by molar-refractivity contribution is 6.00. The van der Waals surface area contributed by atoms with Crippen LogP contribution in [0.1, 0.15) is 49.9 Å². The number of carbonyl (C=O) groups is 1. The molecule has 34 heavy (non-hydrogen) atoms. The van der Waals surface area contributed by atoms with Crippen molar-refractivity contribution in [2.24, 2.45) is 16.8 Å². The Bertz CT molecular complexity index is 966. The van der Waals surface area contributed by atoms with E-state index >= 15 is 0 Å². The summed E-state index contributed by atoms with van der Waals surface area (Å²) in [5.74, 6) is 1.27. The van der Waals surface area contributed by atoms with Crippen molar-refractivity contribution in [1.29, 1.82) is 0 Å². The van der Waals surface area contributed by atoms with Gasteiger partial charge in [0.25, 0.3) is 0 Å². The van der Waals surface area contributed by atoms with E-state index in [0.29, 0.717) is 24.4 Å². The number of rotatable bonds is 7. The molecule has 2 aliphatic rings. The van der Waals surface area contributed by atoms with Crippen LogP contribution in [0.3, 0.4) is 0 Å². The van der Waals surface area contributed by atoms with Crippen LogP contribution in [-0.4, -0.2) is 71.4 Å². The smallest absolute Gasteiger partial charge is 0.225 e. The first-order valence-corrected chi connectivity index (χ1v) is 12.3. The molecule has 0 aliphatic carbocycles. The van der Waals surface area contributed by atoms with Crippen molar-refractivity contribution in [2.75, 3.05) is 45.8 Å². The molecular weight excluding hydrogens is 428 g/mol. The highest BCUT2D eigenvalue weighted by Gasteiger charge is 2.33. The molecule has 1 atom stereocenters. The molecule has 8 nitrogen and oxygen atoms in total. The number of anilines is 1. The number of nitrogens with two attached hydrogens (primary N) is 1. The van der Waals surface area contributed by atoms with Gasteiger partial charge in [-0.05, 0) is 75.5 Å². The second kappa shape index (κ2) is 11.5. The van der Waals surface area contributed by atoms with E-state index in [1.54, 1.807) is 19.5 Å². The van der Waals surface area contributed by atoms with Crippen LogP contribution < -0.4 is 5.73 Å². The van der Waals surface area contributed by atoms with Gasteiger partial charge in [-0.15, -0.1) is 0 Å². The van der Waals surface area contributed by atoms with Crippen molar-refractivity contribution >= 4 is 17.4 Å². The summed E-state index contributed by atoms with van der Waals surface area (Å²) in [7, 11) is 1.65. The number of nitrogen functional groups attached to an aromatic ring is 1.